The predicted molar refractivity (Wildman–Crippen MR) is 53.1 cm³/mol. The van der Waals surface area contributed by atoms with Crippen molar-refractivity contribution in [3.05, 3.63) is 29.8 Å². The van der Waals surface area contributed by atoms with Gasteiger partial charge in [0.2, 0.25) is 0 Å². The number of halogens is 2. The molecule has 1 atom stereocenters. The van der Waals surface area contributed by atoms with Crippen molar-refractivity contribution in [1.82, 2.24) is 0 Å². The molecule has 1 unspecified atom stereocenters. The van der Waals surface area contributed by atoms with Crippen molar-refractivity contribution >= 4 is 11.7 Å². The van der Waals surface area contributed by atoms with Gasteiger partial charge < -0.3 is 15.5 Å². The summed E-state index contributed by atoms with van der Waals surface area (Å²) >= 11 is 0. The number of aliphatic carboxylic acids is 1. The van der Waals surface area contributed by atoms with Crippen LogP contribution in [0.25, 0.3) is 0 Å². The zero-order valence-electron chi connectivity index (χ0n) is 8.28. The average Bonchev–Trinajstić information content (AvgIpc) is 2.15. The molecule has 0 spiro atoms. The highest BCUT2D eigenvalue weighted by atomic mass is 19.1. The molecule has 1 aromatic rings. The number of para-hydroxylation sites is 1. The van der Waals surface area contributed by atoms with Crippen LogP contribution in [0.5, 0.6) is 0 Å². The zero-order chi connectivity index (χ0) is 12.1. The molecule has 0 saturated carbocycles. The standard InChI is InChI=1S/C10H11F2NO3/c11-7-2-1-3-8(12)10(7)13-5-6(14)4-9(15)16/h1-3,6,13-14H,4-5H2,(H,15,16). The van der Waals surface area contributed by atoms with Crippen molar-refractivity contribution in [2.24, 2.45) is 0 Å². The van der Waals surface area contributed by atoms with Gasteiger partial charge in [0.15, 0.2) is 0 Å². The fourth-order valence-electron chi connectivity index (χ4n) is 1.16. The molecule has 0 aromatic heterocycles. The van der Waals surface area contributed by atoms with E-state index in [4.69, 9.17) is 5.11 Å². The normalized spacial score (nSPS) is 12.2. The van der Waals surface area contributed by atoms with E-state index < -0.39 is 30.1 Å². The Hall–Kier alpha value is -1.69. The summed E-state index contributed by atoms with van der Waals surface area (Å²) in [6.45, 7) is -0.232. The summed E-state index contributed by atoms with van der Waals surface area (Å²) in [4.78, 5) is 10.2. The van der Waals surface area contributed by atoms with E-state index in [9.17, 15) is 18.7 Å². The molecule has 4 nitrogen and oxygen atoms in total. The van der Waals surface area contributed by atoms with E-state index in [1.165, 1.54) is 6.07 Å². The Kier molecular flexibility index (Phi) is 4.19. The van der Waals surface area contributed by atoms with Gasteiger partial charge in [-0.3, -0.25) is 4.79 Å². The number of aliphatic hydroxyl groups is 1. The first-order chi connectivity index (χ1) is 7.50. The highest BCUT2D eigenvalue weighted by Crippen LogP contribution is 2.17. The molecule has 88 valence electrons. The van der Waals surface area contributed by atoms with E-state index in [2.05, 4.69) is 5.32 Å². The minimum Gasteiger partial charge on any atom is -0.481 e. The molecule has 0 heterocycles. The number of anilines is 1. The van der Waals surface area contributed by atoms with Crippen LogP contribution in [0.3, 0.4) is 0 Å². The summed E-state index contributed by atoms with van der Waals surface area (Å²) in [5, 5.41) is 19.9. The number of benzene rings is 1. The summed E-state index contributed by atoms with van der Waals surface area (Å²) in [6.07, 6.45) is -1.68. The van der Waals surface area contributed by atoms with Gasteiger partial charge in [0, 0.05) is 6.54 Å². The molecule has 0 radical (unpaired) electrons. The molecule has 0 saturated heterocycles. The van der Waals surface area contributed by atoms with Crippen LogP contribution in [0.15, 0.2) is 18.2 Å². The van der Waals surface area contributed by atoms with E-state index in [0.717, 1.165) is 12.1 Å². The quantitative estimate of drug-likeness (QED) is 0.712. The van der Waals surface area contributed by atoms with Crippen LogP contribution < -0.4 is 5.32 Å². The maximum atomic E-state index is 13.1. The molecule has 0 aliphatic rings. The van der Waals surface area contributed by atoms with Crippen molar-refractivity contribution in [1.29, 1.82) is 0 Å². The van der Waals surface area contributed by atoms with Crippen molar-refractivity contribution in [2.75, 3.05) is 11.9 Å². The van der Waals surface area contributed by atoms with Gasteiger partial charge in [-0.15, -0.1) is 0 Å². The maximum Gasteiger partial charge on any atom is 0.306 e. The number of carbonyl (C=O) groups is 1. The Morgan fingerprint density at radius 2 is 1.94 bits per heavy atom. The molecule has 3 N–H and O–H groups in total. The second-order valence-electron chi connectivity index (χ2n) is 3.23. The first kappa shape index (κ1) is 12.4. The highest BCUT2D eigenvalue weighted by molar-refractivity contribution is 5.67. The highest BCUT2D eigenvalue weighted by Gasteiger charge is 2.12. The molecular formula is C10H11F2NO3. The largest absolute Gasteiger partial charge is 0.481 e. The van der Waals surface area contributed by atoms with Crippen molar-refractivity contribution in [3.63, 3.8) is 0 Å². The average molecular weight is 231 g/mol. The van der Waals surface area contributed by atoms with Crippen LogP contribution in [0.2, 0.25) is 0 Å². The van der Waals surface area contributed by atoms with Crippen LogP contribution in [-0.2, 0) is 4.79 Å². The first-order valence-electron chi connectivity index (χ1n) is 4.58. The van der Waals surface area contributed by atoms with Gasteiger partial charge >= 0.3 is 5.97 Å². The van der Waals surface area contributed by atoms with Gasteiger partial charge in [0.25, 0.3) is 0 Å². The monoisotopic (exact) mass is 231 g/mol. The minimum atomic E-state index is -1.20. The third-order valence-electron chi connectivity index (χ3n) is 1.89. The van der Waals surface area contributed by atoms with E-state index in [0.29, 0.717) is 0 Å². The van der Waals surface area contributed by atoms with Crippen LogP contribution in [0, 0.1) is 11.6 Å². The Labute approximate surface area is 90.5 Å². The van der Waals surface area contributed by atoms with E-state index >= 15 is 0 Å². The number of nitrogens with one attached hydrogen (secondary N) is 1. The van der Waals surface area contributed by atoms with Crippen LogP contribution in [0.1, 0.15) is 6.42 Å². The lowest BCUT2D eigenvalue weighted by atomic mass is 10.2. The number of aliphatic hydroxyl groups excluding tert-OH is 1. The lowest BCUT2D eigenvalue weighted by Gasteiger charge is -2.11. The Balaban J connectivity index is 2.57. The summed E-state index contributed by atoms with van der Waals surface area (Å²) in [5.74, 6) is -2.76. The number of carboxylic acid groups (broad SMARTS) is 1. The third kappa shape index (κ3) is 3.47. The van der Waals surface area contributed by atoms with Crippen molar-refractivity contribution in [2.45, 2.75) is 12.5 Å². The van der Waals surface area contributed by atoms with E-state index in [1.54, 1.807) is 0 Å². The zero-order valence-corrected chi connectivity index (χ0v) is 8.28. The second-order valence-corrected chi connectivity index (χ2v) is 3.23. The molecule has 0 bridgehead atoms. The van der Waals surface area contributed by atoms with Gasteiger partial charge in [-0.2, -0.15) is 0 Å². The molecule has 0 aliphatic heterocycles. The second kappa shape index (κ2) is 5.41. The van der Waals surface area contributed by atoms with Gasteiger partial charge in [0.05, 0.1) is 12.5 Å². The minimum absolute atomic E-state index is 0.232. The van der Waals surface area contributed by atoms with Crippen molar-refractivity contribution in [3.8, 4) is 0 Å². The van der Waals surface area contributed by atoms with Gasteiger partial charge in [0.1, 0.15) is 17.3 Å². The van der Waals surface area contributed by atoms with E-state index in [1.807, 2.05) is 0 Å². The maximum absolute atomic E-state index is 13.1. The number of hydrogen-bond donors (Lipinski definition) is 3. The molecule has 6 heteroatoms. The van der Waals surface area contributed by atoms with Crippen LogP contribution >= 0.6 is 0 Å². The third-order valence-corrected chi connectivity index (χ3v) is 1.89. The van der Waals surface area contributed by atoms with Gasteiger partial charge in [-0.25, -0.2) is 8.78 Å². The van der Waals surface area contributed by atoms with Crippen molar-refractivity contribution < 1.29 is 23.8 Å². The molecule has 1 rings (SSSR count). The summed E-state index contributed by atoms with van der Waals surface area (Å²) in [5.41, 5.74) is -0.369. The summed E-state index contributed by atoms with van der Waals surface area (Å²) in [7, 11) is 0. The topological polar surface area (TPSA) is 69.6 Å². The predicted octanol–water partition coefficient (Wildman–Crippen LogP) is 1.21. The molecule has 0 fully saturated rings. The number of hydrogen-bond acceptors (Lipinski definition) is 3. The number of carboxylic acids is 1. The molecular weight excluding hydrogens is 220 g/mol. The molecule has 0 amide bonds. The molecule has 1 aromatic carbocycles. The first-order valence-corrected chi connectivity index (χ1v) is 4.58. The lowest BCUT2D eigenvalue weighted by Crippen LogP contribution is -2.23. The van der Waals surface area contributed by atoms with Gasteiger partial charge in [-0.1, -0.05) is 6.07 Å². The fourth-order valence-corrected chi connectivity index (χ4v) is 1.16. The summed E-state index contributed by atoms with van der Waals surface area (Å²) < 4.78 is 26.1. The van der Waals surface area contributed by atoms with Crippen LogP contribution in [0.4, 0.5) is 14.5 Å². The van der Waals surface area contributed by atoms with E-state index in [-0.39, 0.29) is 12.2 Å². The number of rotatable bonds is 5. The molecule has 16 heavy (non-hydrogen) atoms. The summed E-state index contributed by atoms with van der Waals surface area (Å²) in [6, 6.07) is 3.34. The lowest BCUT2D eigenvalue weighted by molar-refractivity contribution is -0.138. The Morgan fingerprint density at radius 3 is 2.44 bits per heavy atom. The SMILES string of the molecule is O=C(O)CC(O)CNc1c(F)cccc1F. The fraction of sp³-hybridized carbons (Fsp3) is 0.300. The smallest absolute Gasteiger partial charge is 0.306 e. The van der Waals surface area contributed by atoms with Gasteiger partial charge in [-0.05, 0) is 12.1 Å². The Morgan fingerprint density at radius 1 is 1.38 bits per heavy atom. The molecule has 0 aliphatic carbocycles. The van der Waals surface area contributed by atoms with Crippen LogP contribution in [-0.4, -0.2) is 28.8 Å². The Bertz CT molecular complexity index is 364.